The Balaban J connectivity index is 2.61. The van der Waals surface area contributed by atoms with E-state index < -0.39 is 0 Å². The Labute approximate surface area is 58.1 Å². The number of nitrogens with zero attached hydrogens (tertiary/aromatic N) is 1. The molecule has 2 nitrogen and oxygen atoms in total. The lowest BCUT2D eigenvalue weighted by Crippen LogP contribution is -2.05. The molecular formula is C6H12N2Si. The van der Waals surface area contributed by atoms with Crippen molar-refractivity contribution in [1.82, 2.24) is 9.97 Å². The molecule has 1 rings (SSSR count). The average Bonchev–Trinajstić information content (AvgIpc) is 2.17. The molecule has 0 radical (unpaired) electrons. The third-order valence-electron chi connectivity index (χ3n) is 1.27. The van der Waals surface area contributed by atoms with E-state index >= 15 is 0 Å². The molecule has 0 amide bonds. The quantitative estimate of drug-likeness (QED) is 0.544. The molecular weight excluding hydrogens is 128 g/mol. The first-order valence-electron chi connectivity index (χ1n) is 3.34. The molecule has 0 aliphatic rings. The van der Waals surface area contributed by atoms with Gasteiger partial charge in [0.15, 0.2) is 0 Å². The third kappa shape index (κ3) is 1.68. The topological polar surface area (TPSA) is 28.7 Å². The van der Waals surface area contributed by atoms with Gasteiger partial charge in [0.05, 0.1) is 21.4 Å². The standard InChI is InChI=1S/C6H12N2Si/c1-2-3-5-4-7-6(9)8-5/h4H,2-3H2,1,9H3,(H,7,8). The van der Waals surface area contributed by atoms with Crippen molar-refractivity contribution >= 4 is 15.7 Å². The van der Waals surface area contributed by atoms with Crippen LogP contribution in [0, 0.1) is 0 Å². The highest BCUT2D eigenvalue weighted by Gasteiger charge is 1.92. The van der Waals surface area contributed by atoms with Gasteiger partial charge in [-0.2, -0.15) is 0 Å². The van der Waals surface area contributed by atoms with Gasteiger partial charge < -0.3 is 4.98 Å². The molecule has 0 fully saturated rings. The van der Waals surface area contributed by atoms with Crippen molar-refractivity contribution in [3.8, 4) is 0 Å². The van der Waals surface area contributed by atoms with Crippen LogP contribution in [0.5, 0.6) is 0 Å². The molecule has 1 aromatic rings. The predicted molar refractivity (Wildman–Crippen MR) is 42.2 cm³/mol. The Kier molecular flexibility index (Phi) is 2.05. The summed E-state index contributed by atoms with van der Waals surface area (Å²) in [5.74, 6) is 0. The van der Waals surface area contributed by atoms with Gasteiger partial charge in [-0.1, -0.05) is 13.3 Å². The van der Waals surface area contributed by atoms with Crippen LogP contribution in [0.25, 0.3) is 0 Å². The maximum absolute atomic E-state index is 4.31. The zero-order chi connectivity index (χ0) is 6.69. The number of aryl methyl sites for hydroxylation is 1. The van der Waals surface area contributed by atoms with Crippen LogP contribution in [0.1, 0.15) is 19.0 Å². The van der Waals surface area contributed by atoms with Gasteiger partial charge in [0, 0.05) is 6.20 Å². The number of aromatic amines is 1. The predicted octanol–water partition coefficient (Wildman–Crippen LogP) is -0.647. The second kappa shape index (κ2) is 2.82. The van der Waals surface area contributed by atoms with Gasteiger partial charge >= 0.3 is 0 Å². The first-order chi connectivity index (χ1) is 4.33. The van der Waals surface area contributed by atoms with Crippen LogP contribution in [0.4, 0.5) is 0 Å². The van der Waals surface area contributed by atoms with Crippen LogP contribution in [0.2, 0.25) is 0 Å². The van der Waals surface area contributed by atoms with E-state index in [9.17, 15) is 0 Å². The van der Waals surface area contributed by atoms with Crippen molar-refractivity contribution in [3.63, 3.8) is 0 Å². The lowest BCUT2D eigenvalue weighted by Gasteiger charge is -1.85. The van der Waals surface area contributed by atoms with Gasteiger partial charge in [-0.05, 0) is 6.42 Å². The number of imidazole rings is 1. The Morgan fingerprint density at radius 3 is 3.00 bits per heavy atom. The minimum absolute atomic E-state index is 1.04. The summed E-state index contributed by atoms with van der Waals surface area (Å²) in [4.78, 5) is 7.41. The zero-order valence-corrected chi connectivity index (χ0v) is 7.94. The van der Waals surface area contributed by atoms with E-state index in [0.29, 0.717) is 0 Å². The number of hydrogen-bond donors (Lipinski definition) is 1. The third-order valence-corrected chi connectivity index (χ3v) is 1.78. The van der Waals surface area contributed by atoms with Crippen LogP contribution in [0.3, 0.4) is 0 Å². The van der Waals surface area contributed by atoms with E-state index in [1.165, 1.54) is 12.1 Å². The van der Waals surface area contributed by atoms with Crippen molar-refractivity contribution in [2.24, 2.45) is 0 Å². The molecule has 3 heteroatoms. The lowest BCUT2D eigenvalue weighted by molar-refractivity contribution is 0.894. The van der Waals surface area contributed by atoms with E-state index in [1.54, 1.807) is 0 Å². The summed E-state index contributed by atoms with van der Waals surface area (Å²) in [5, 5.41) is 0. The molecule has 0 aliphatic heterocycles. The fraction of sp³-hybridized carbons (Fsp3) is 0.500. The van der Waals surface area contributed by atoms with Gasteiger partial charge in [-0.25, -0.2) is 4.98 Å². The molecule has 9 heavy (non-hydrogen) atoms. The molecule has 0 spiro atoms. The monoisotopic (exact) mass is 140 g/mol. The van der Waals surface area contributed by atoms with E-state index in [-0.39, 0.29) is 0 Å². The number of hydrogen-bond acceptors (Lipinski definition) is 1. The molecule has 0 saturated carbocycles. The minimum atomic E-state index is 1.04. The molecule has 1 heterocycles. The van der Waals surface area contributed by atoms with Gasteiger partial charge in [0.2, 0.25) is 0 Å². The summed E-state index contributed by atoms with van der Waals surface area (Å²) in [6, 6.07) is 0. The first kappa shape index (κ1) is 6.55. The summed E-state index contributed by atoms with van der Waals surface area (Å²) in [5.41, 5.74) is 2.36. The molecule has 0 unspecified atom stereocenters. The normalized spacial score (nSPS) is 10.3. The van der Waals surface area contributed by atoms with Gasteiger partial charge in [0.25, 0.3) is 0 Å². The van der Waals surface area contributed by atoms with Crippen LogP contribution in [0.15, 0.2) is 6.20 Å². The highest BCUT2D eigenvalue weighted by atomic mass is 28.1. The molecule has 0 aromatic carbocycles. The SMILES string of the molecule is CCCc1c[nH]c([SiH3])n1. The Bertz CT molecular complexity index is 183. The summed E-state index contributed by atoms with van der Waals surface area (Å²) in [7, 11) is 1.04. The second-order valence-electron chi connectivity index (χ2n) is 2.23. The number of H-pyrrole nitrogens is 1. The summed E-state index contributed by atoms with van der Waals surface area (Å²) >= 11 is 0. The summed E-state index contributed by atoms with van der Waals surface area (Å²) in [6.07, 6.45) is 4.30. The molecule has 0 aliphatic carbocycles. The summed E-state index contributed by atoms with van der Waals surface area (Å²) < 4.78 is 0. The second-order valence-corrected chi connectivity index (χ2v) is 3.17. The molecule has 1 aromatic heterocycles. The van der Waals surface area contributed by atoms with Gasteiger partial charge in [-0.15, -0.1) is 0 Å². The minimum Gasteiger partial charge on any atom is -0.353 e. The number of nitrogens with one attached hydrogen (secondary N) is 1. The molecule has 1 N–H and O–H groups in total. The zero-order valence-electron chi connectivity index (χ0n) is 5.94. The van der Waals surface area contributed by atoms with E-state index in [1.807, 2.05) is 6.20 Å². The van der Waals surface area contributed by atoms with E-state index in [4.69, 9.17) is 0 Å². The smallest absolute Gasteiger partial charge is 0.0839 e. The molecule has 0 bridgehead atoms. The van der Waals surface area contributed by atoms with Crippen LogP contribution in [-0.4, -0.2) is 20.2 Å². The van der Waals surface area contributed by atoms with Crippen molar-refractivity contribution in [2.75, 3.05) is 0 Å². The number of aromatic nitrogens is 2. The van der Waals surface area contributed by atoms with Gasteiger partial charge in [0.1, 0.15) is 0 Å². The largest absolute Gasteiger partial charge is 0.353 e. The highest BCUT2D eigenvalue weighted by Crippen LogP contribution is 1.92. The maximum Gasteiger partial charge on any atom is 0.0839 e. The summed E-state index contributed by atoms with van der Waals surface area (Å²) in [6.45, 7) is 2.17. The fourth-order valence-electron chi connectivity index (χ4n) is 0.852. The highest BCUT2D eigenvalue weighted by molar-refractivity contribution is 6.29. The fourth-order valence-corrected chi connectivity index (χ4v) is 1.28. The van der Waals surface area contributed by atoms with Gasteiger partial charge in [-0.3, -0.25) is 0 Å². The first-order valence-corrected chi connectivity index (χ1v) is 4.34. The average molecular weight is 140 g/mol. The van der Waals surface area contributed by atoms with E-state index in [2.05, 4.69) is 16.9 Å². The molecule has 0 saturated heterocycles. The maximum atomic E-state index is 4.31. The van der Waals surface area contributed by atoms with Crippen LogP contribution in [-0.2, 0) is 6.42 Å². The lowest BCUT2D eigenvalue weighted by atomic mass is 10.3. The van der Waals surface area contributed by atoms with Crippen molar-refractivity contribution in [2.45, 2.75) is 19.8 Å². The number of rotatable bonds is 2. The Morgan fingerprint density at radius 2 is 2.56 bits per heavy atom. The van der Waals surface area contributed by atoms with Crippen LogP contribution >= 0.6 is 0 Å². The molecule has 50 valence electrons. The Morgan fingerprint density at radius 1 is 1.78 bits per heavy atom. The van der Waals surface area contributed by atoms with Crippen molar-refractivity contribution < 1.29 is 0 Å². The van der Waals surface area contributed by atoms with Crippen LogP contribution < -0.4 is 5.45 Å². The molecule has 0 atom stereocenters. The van der Waals surface area contributed by atoms with Crippen molar-refractivity contribution in [3.05, 3.63) is 11.9 Å². The van der Waals surface area contributed by atoms with Crippen molar-refractivity contribution in [1.29, 1.82) is 0 Å². The van der Waals surface area contributed by atoms with E-state index in [0.717, 1.165) is 22.1 Å². The Hall–Kier alpha value is -0.573.